The summed E-state index contributed by atoms with van der Waals surface area (Å²) in [4.78, 5) is -0.228. The highest BCUT2D eigenvalue weighted by molar-refractivity contribution is 7.91. The van der Waals surface area contributed by atoms with E-state index in [4.69, 9.17) is 5.73 Å². The lowest BCUT2D eigenvalue weighted by molar-refractivity contribution is -0.137. The van der Waals surface area contributed by atoms with Crippen LogP contribution in [0.3, 0.4) is 0 Å². The van der Waals surface area contributed by atoms with Crippen molar-refractivity contribution in [3.8, 4) is 0 Å². The molecule has 0 spiro atoms. The normalized spacial score (nSPS) is 14.2. The van der Waals surface area contributed by atoms with Crippen molar-refractivity contribution < 1.29 is 21.6 Å². The van der Waals surface area contributed by atoms with Crippen LogP contribution >= 0.6 is 0 Å². The van der Waals surface area contributed by atoms with Crippen molar-refractivity contribution >= 4 is 15.5 Å². The van der Waals surface area contributed by atoms with E-state index < -0.39 is 21.6 Å². The van der Waals surface area contributed by atoms with E-state index in [2.05, 4.69) is 0 Å². The Morgan fingerprint density at radius 1 is 1.30 bits per heavy atom. The summed E-state index contributed by atoms with van der Waals surface area (Å²) in [6.07, 6.45) is -2.95. The first-order chi connectivity index (χ1) is 9.08. The molecule has 0 saturated carbocycles. The zero-order chi connectivity index (χ0) is 15.6. The summed E-state index contributed by atoms with van der Waals surface area (Å²) in [5.74, 6) is -0.178. The number of rotatable bonds is 5. The third kappa shape index (κ3) is 4.13. The second-order valence-electron chi connectivity index (χ2n) is 4.93. The predicted molar refractivity (Wildman–Crippen MR) is 72.0 cm³/mol. The van der Waals surface area contributed by atoms with Crippen LogP contribution in [0.25, 0.3) is 0 Å². The average molecular weight is 309 g/mol. The molecule has 1 rings (SSSR count). The Kier molecular flexibility index (Phi) is 5.07. The molecule has 20 heavy (non-hydrogen) atoms. The Balaban J connectivity index is 3.08. The molecule has 0 aliphatic heterocycles. The zero-order valence-corrected chi connectivity index (χ0v) is 12.2. The molecule has 0 aliphatic carbocycles. The summed E-state index contributed by atoms with van der Waals surface area (Å²) >= 11 is 0. The van der Waals surface area contributed by atoms with Gasteiger partial charge in [0.2, 0.25) is 0 Å². The van der Waals surface area contributed by atoms with E-state index in [0.29, 0.717) is 6.07 Å². The van der Waals surface area contributed by atoms with Crippen LogP contribution in [0.4, 0.5) is 18.9 Å². The van der Waals surface area contributed by atoms with Crippen molar-refractivity contribution in [1.29, 1.82) is 0 Å². The fraction of sp³-hybridized carbons (Fsp3) is 0.538. The van der Waals surface area contributed by atoms with Crippen LogP contribution < -0.4 is 5.73 Å². The van der Waals surface area contributed by atoms with Crippen LogP contribution in [-0.2, 0) is 16.0 Å². The summed E-state index contributed by atoms with van der Waals surface area (Å²) in [6, 6.07) is 2.34. The first kappa shape index (κ1) is 16.8. The lowest BCUT2D eigenvalue weighted by Gasteiger charge is -2.14. The van der Waals surface area contributed by atoms with Gasteiger partial charge in [0, 0.05) is 0 Å². The van der Waals surface area contributed by atoms with E-state index >= 15 is 0 Å². The predicted octanol–water partition coefficient (Wildman–Crippen LogP) is 3.50. The highest BCUT2D eigenvalue weighted by atomic mass is 32.2. The lowest BCUT2D eigenvalue weighted by Crippen LogP contribution is -2.16. The van der Waals surface area contributed by atoms with E-state index in [1.165, 1.54) is 0 Å². The Labute approximate surface area is 116 Å². The Hall–Kier alpha value is -1.24. The molecule has 2 N–H and O–H groups in total. The first-order valence-corrected chi connectivity index (χ1v) is 7.92. The first-order valence-electron chi connectivity index (χ1n) is 6.27. The summed E-state index contributed by atoms with van der Waals surface area (Å²) in [5.41, 5.74) is 4.17. The van der Waals surface area contributed by atoms with Crippen molar-refractivity contribution in [3.63, 3.8) is 0 Å². The van der Waals surface area contributed by atoms with Gasteiger partial charge in [-0.15, -0.1) is 0 Å². The smallest absolute Gasteiger partial charge is 0.398 e. The minimum Gasteiger partial charge on any atom is -0.398 e. The van der Waals surface area contributed by atoms with Crippen molar-refractivity contribution in [1.82, 2.24) is 0 Å². The maximum Gasteiger partial charge on any atom is 0.416 e. The SMILES string of the molecule is CCCC(C)CS(=O)(=O)c1ccc(C(F)(F)F)cc1N. The number of hydrogen-bond acceptors (Lipinski definition) is 3. The molecule has 7 heteroatoms. The highest BCUT2D eigenvalue weighted by Crippen LogP contribution is 2.33. The Morgan fingerprint density at radius 3 is 2.35 bits per heavy atom. The third-order valence-corrected chi connectivity index (χ3v) is 5.01. The highest BCUT2D eigenvalue weighted by Gasteiger charge is 2.32. The van der Waals surface area contributed by atoms with Crippen LogP contribution in [0.15, 0.2) is 23.1 Å². The van der Waals surface area contributed by atoms with Crippen molar-refractivity contribution in [2.75, 3.05) is 11.5 Å². The summed E-state index contributed by atoms with van der Waals surface area (Å²) in [7, 11) is -3.67. The molecule has 114 valence electrons. The molecular formula is C13H18F3NO2S. The van der Waals surface area contributed by atoms with E-state index in [-0.39, 0.29) is 22.3 Å². The Morgan fingerprint density at radius 2 is 1.90 bits per heavy atom. The van der Waals surface area contributed by atoms with Crippen molar-refractivity contribution in [2.45, 2.75) is 37.8 Å². The van der Waals surface area contributed by atoms with Gasteiger partial charge in [-0.25, -0.2) is 8.42 Å². The molecule has 1 aromatic rings. The van der Waals surface area contributed by atoms with Gasteiger partial charge in [-0.1, -0.05) is 20.3 Å². The van der Waals surface area contributed by atoms with E-state index in [1.807, 2.05) is 6.92 Å². The maximum absolute atomic E-state index is 12.5. The number of hydrogen-bond donors (Lipinski definition) is 1. The number of alkyl halides is 3. The number of nitrogen functional groups attached to an aromatic ring is 1. The van der Waals surface area contributed by atoms with E-state index in [1.54, 1.807) is 6.92 Å². The maximum atomic E-state index is 12.5. The Bertz CT molecular complexity index is 567. The van der Waals surface area contributed by atoms with Crippen LogP contribution in [0.2, 0.25) is 0 Å². The van der Waals surface area contributed by atoms with Gasteiger partial charge in [-0.05, 0) is 30.5 Å². The molecule has 1 atom stereocenters. The minimum atomic E-state index is -4.54. The van der Waals surface area contributed by atoms with Crippen molar-refractivity contribution in [2.24, 2.45) is 5.92 Å². The summed E-state index contributed by atoms with van der Waals surface area (Å²) < 4.78 is 61.8. The molecule has 0 heterocycles. The second kappa shape index (κ2) is 6.03. The second-order valence-corrected chi connectivity index (χ2v) is 6.93. The van der Waals surface area contributed by atoms with Crippen molar-refractivity contribution in [3.05, 3.63) is 23.8 Å². The number of sulfone groups is 1. The molecule has 1 unspecified atom stereocenters. The quantitative estimate of drug-likeness (QED) is 0.847. The molecule has 0 aliphatic rings. The van der Waals surface area contributed by atoms with Gasteiger partial charge in [-0.2, -0.15) is 13.2 Å². The van der Waals surface area contributed by atoms with Gasteiger partial charge in [-0.3, -0.25) is 0 Å². The average Bonchev–Trinajstić information content (AvgIpc) is 2.26. The third-order valence-electron chi connectivity index (χ3n) is 2.96. The topological polar surface area (TPSA) is 60.2 Å². The standard InChI is InChI=1S/C13H18F3NO2S/c1-3-4-9(2)8-20(18,19)12-6-5-10(7-11(12)17)13(14,15)16/h5-7,9H,3-4,8,17H2,1-2H3. The molecule has 0 aromatic heterocycles. The molecule has 1 aromatic carbocycles. The van der Waals surface area contributed by atoms with Gasteiger partial charge >= 0.3 is 6.18 Å². The molecular weight excluding hydrogens is 291 g/mol. The van der Waals surface area contributed by atoms with Crippen LogP contribution in [-0.4, -0.2) is 14.2 Å². The fourth-order valence-electron chi connectivity index (χ4n) is 2.05. The largest absolute Gasteiger partial charge is 0.416 e. The van der Waals surface area contributed by atoms with Crippen LogP contribution in [0, 0.1) is 5.92 Å². The molecule has 0 amide bonds. The van der Waals surface area contributed by atoms with Gasteiger partial charge < -0.3 is 5.73 Å². The van der Waals surface area contributed by atoms with Crippen LogP contribution in [0.5, 0.6) is 0 Å². The van der Waals surface area contributed by atoms with E-state index in [9.17, 15) is 21.6 Å². The molecule has 3 nitrogen and oxygen atoms in total. The number of benzene rings is 1. The van der Waals surface area contributed by atoms with Gasteiger partial charge in [0.1, 0.15) is 0 Å². The molecule has 0 saturated heterocycles. The fourth-order valence-corrected chi connectivity index (χ4v) is 3.84. The monoisotopic (exact) mass is 309 g/mol. The zero-order valence-electron chi connectivity index (χ0n) is 11.4. The number of halogens is 3. The van der Waals surface area contributed by atoms with E-state index in [0.717, 1.165) is 25.0 Å². The number of nitrogens with two attached hydrogens (primary N) is 1. The summed E-state index contributed by atoms with van der Waals surface area (Å²) in [6.45, 7) is 3.73. The van der Waals surface area contributed by atoms with Crippen LogP contribution in [0.1, 0.15) is 32.3 Å². The lowest BCUT2D eigenvalue weighted by atomic mass is 10.1. The van der Waals surface area contributed by atoms with Gasteiger partial charge in [0.15, 0.2) is 9.84 Å². The number of anilines is 1. The van der Waals surface area contributed by atoms with Gasteiger partial charge in [0.25, 0.3) is 0 Å². The molecule has 0 fully saturated rings. The molecule has 0 bridgehead atoms. The summed E-state index contributed by atoms with van der Waals surface area (Å²) in [5, 5.41) is 0. The minimum absolute atomic E-state index is 0.0632. The van der Waals surface area contributed by atoms with Gasteiger partial charge in [0.05, 0.1) is 21.9 Å². The molecule has 0 radical (unpaired) electrons.